The van der Waals surface area contributed by atoms with E-state index in [9.17, 15) is 9.90 Å². The molecule has 0 saturated carbocycles. The molecular weight excluding hydrogens is 416 g/mol. The fourth-order valence-corrected chi connectivity index (χ4v) is 3.05. The van der Waals surface area contributed by atoms with Crippen LogP contribution in [0.2, 0.25) is 0 Å². The number of phenolic OH excluding ortho intramolecular Hbond substituents is 1. The molecule has 29 heavy (non-hydrogen) atoms. The maximum Gasteiger partial charge on any atom is 0.178 e. The number of phenols is 1. The van der Waals surface area contributed by atoms with E-state index >= 15 is 0 Å². The third-order valence-electron chi connectivity index (χ3n) is 4.42. The third kappa shape index (κ3) is 4.88. The van der Waals surface area contributed by atoms with Gasteiger partial charge in [0.15, 0.2) is 11.3 Å². The van der Waals surface area contributed by atoms with Gasteiger partial charge < -0.3 is 10.4 Å². The molecule has 0 saturated heterocycles. The molecule has 7 heteroatoms. The number of para-hydroxylation sites is 3. The van der Waals surface area contributed by atoms with E-state index in [-0.39, 0.29) is 28.6 Å². The Balaban J connectivity index is 0.00000300. The first-order chi connectivity index (χ1) is 13.4. The van der Waals surface area contributed by atoms with Crippen molar-refractivity contribution in [3.8, 4) is 11.4 Å². The minimum atomic E-state index is -0.0336. The summed E-state index contributed by atoms with van der Waals surface area (Å²) in [5, 5.41) is 13.5. The van der Waals surface area contributed by atoms with Crippen molar-refractivity contribution >= 4 is 17.2 Å². The number of aromatic hydroxyl groups is 1. The zero-order valence-corrected chi connectivity index (χ0v) is 17.7. The average Bonchev–Trinajstić information content (AvgIpc) is 2.88. The van der Waals surface area contributed by atoms with E-state index in [2.05, 4.69) is 5.32 Å². The van der Waals surface area contributed by atoms with Crippen molar-refractivity contribution in [2.24, 2.45) is 12.0 Å². The summed E-state index contributed by atoms with van der Waals surface area (Å²) in [6, 6.07) is 16.8. The zero-order chi connectivity index (χ0) is 20.3. The molecule has 0 aliphatic carbocycles. The Hall–Kier alpha value is -3.02. The molecule has 0 aliphatic rings. The minimum absolute atomic E-state index is 0. The van der Waals surface area contributed by atoms with Gasteiger partial charge in [0.25, 0.3) is 0 Å². The van der Waals surface area contributed by atoms with E-state index in [4.69, 9.17) is 4.99 Å². The molecule has 155 valence electrons. The second-order valence-electron chi connectivity index (χ2n) is 6.62. The van der Waals surface area contributed by atoms with Gasteiger partial charge in [-0.1, -0.05) is 30.3 Å². The predicted octanol–water partition coefficient (Wildman–Crippen LogP) is 3.96. The van der Waals surface area contributed by atoms with Gasteiger partial charge in [0, 0.05) is 29.8 Å². The number of rotatable bonds is 5. The van der Waals surface area contributed by atoms with Crippen molar-refractivity contribution in [1.29, 1.82) is 0 Å². The number of carbonyl (C=O) groups is 1. The van der Waals surface area contributed by atoms with Crippen LogP contribution in [0.25, 0.3) is 5.69 Å². The number of nitrogens with zero attached hydrogens (tertiary/aromatic N) is 3. The summed E-state index contributed by atoms with van der Waals surface area (Å²) in [5.41, 5.74) is 4.45. The molecule has 0 spiro atoms. The molecule has 1 heterocycles. The van der Waals surface area contributed by atoms with Crippen LogP contribution < -0.4 is 10.8 Å². The second-order valence-corrected chi connectivity index (χ2v) is 6.62. The Kier molecular flexibility index (Phi) is 7.26. The van der Waals surface area contributed by atoms with Gasteiger partial charge in [-0.25, -0.2) is 9.67 Å². The molecule has 0 aliphatic heterocycles. The molecule has 2 N–H and O–H groups in total. The van der Waals surface area contributed by atoms with Crippen LogP contribution in [0.1, 0.15) is 19.5 Å². The maximum atomic E-state index is 11.5. The molecule has 0 unspecified atom stereocenters. The van der Waals surface area contributed by atoms with E-state index in [1.165, 1.54) is 6.92 Å². The van der Waals surface area contributed by atoms with Crippen molar-refractivity contribution in [2.75, 3.05) is 5.32 Å². The van der Waals surface area contributed by atoms with Crippen molar-refractivity contribution in [3.63, 3.8) is 0 Å². The molecular formula is C22H24CuN4O2. The van der Waals surface area contributed by atoms with Crippen LogP contribution in [0.5, 0.6) is 5.75 Å². The fraction of sp³-hybridized carbons (Fsp3) is 0.182. The summed E-state index contributed by atoms with van der Waals surface area (Å²) in [7, 11) is 1.95. The van der Waals surface area contributed by atoms with Gasteiger partial charge in [-0.05, 0) is 51.1 Å². The predicted molar refractivity (Wildman–Crippen MR) is 111 cm³/mol. The van der Waals surface area contributed by atoms with E-state index in [0.29, 0.717) is 11.2 Å². The number of anilines is 1. The summed E-state index contributed by atoms with van der Waals surface area (Å²) in [5.74, 6) is 0.0688. The number of ketones is 1. The van der Waals surface area contributed by atoms with Crippen LogP contribution in [0, 0.1) is 6.92 Å². The largest absolute Gasteiger partial charge is 0.506 e. The van der Waals surface area contributed by atoms with E-state index in [1.807, 2.05) is 66.7 Å². The first kappa shape index (κ1) is 22.3. The Morgan fingerprint density at radius 2 is 1.69 bits per heavy atom. The Morgan fingerprint density at radius 3 is 2.31 bits per heavy atom. The van der Waals surface area contributed by atoms with Gasteiger partial charge in [-0.15, -0.1) is 0 Å². The number of aromatic nitrogens is 2. The Morgan fingerprint density at radius 1 is 1.07 bits per heavy atom. The number of hydrogen-bond acceptors (Lipinski definition) is 4. The van der Waals surface area contributed by atoms with Gasteiger partial charge in [-0.2, -0.15) is 0 Å². The van der Waals surface area contributed by atoms with E-state index in [1.54, 1.807) is 24.3 Å². The van der Waals surface area contributed by atoms with Crippen molar-refractivity contribution in [1.82, 2.24) is 9.36 Å². The second kappa shape index (κ2) is 9.45. The van der Waals surface area contributed by atoms with Gasteiger partial charge in [-0.3, -0.25) is 9.48 Å². The van der Waals surface area contributed by atoms with Crippen molar-refractivity contribution in [3.05, 3.63) is 77.6 Å². The quantitative estimate of drug-likeness (QED) is 0.466. The number of carbonyl (C=O) groups excluding carboxylic acids is 1. The number of benzene rings is 2. The average molecular weight is 440 g/mol. The van der Waals surface area contributed by atoms with Crippen LogP contribution in [0.15, 0.2) is 71.4 Å². The zero-order valence-electron chi connectivity index (χ0n) is 16.8. The maximum absolute atomic E-state index is 11.5. The first-order valence-electron chi connectivity index (χ1n) is 9.01. The number of nitrogens with one attached hydrogen (secondary N) is 1. The molecule has 3 aromatic rings. The van der Waals surface area contributed by atoms with Crippen LogP contribution in [-0.2, 0) is 28.9 Å². The van der Waals surface area contributed by atoms with Crippen LogP contribution in [-0.4, -0.2) is 20.3 Å². The molecule has 0 bridgehead atoms. The topological polar surface area (TPSA) is 71.5 Å². The molecule has 6 nitrogen and oxygen atoms in total. The van der Waals surface area contributed by atoms with Gasteiger partial charge in [0.1, 0.15) is 17.1 Å². The van der Waals surface area contributed by atoms with Gasteiger partial charge in [0.05, 0.1) is 11.4 Å². The van der Waals surface area contributed by atoms with E-state index < -0.39 is 0 Å². The summed E-state index contributed by atoms with van der Waals surface area (Å²) in [6.07, 6.45) is 1.54. The summed E-state index contributed by atoms with van der Waals surface area (Å²) in [4.78, 5) is 16.2. The smallest absolute Gasteiger partial charge is 0.178 e. The SMILES string of the molecule is CC(=O)/C=C(/C)Nc1c(C)n(C)n(-c2ccccc2)c1=Nc1ccccc1O.[Cu]. The monoisotopic (exact) mass is 439 g/mol. The molecule has 2 aromatic carbocycles. The summed E-state index contributed by atoms with van der Waals surface area (Å²) in [6.45, 7) is 5.33. The van der Waals surface area contributed by atoms with Crippen molar-refractivity contribution < 1.29 is 27.0 Å². The van der Waals surface area contributed by atoms with Crippen molar-refractivity contribution in [2.45, 2.75) is 20.8 Å². The summed E-state index contributed by atoms with van der Waals surface area (Å²) >= 11 is 0. The number of allylic oxidation sites excluding steroid dienone is 2. The standard InChI is InChI=1S/C22H24N4O2.Cu/c1-15(14-16(2)27)23-21-17(3)25(4)26(18-10-6-5-7-11-18)22(21)24-19-12-8-9-13-20(19)28;/h5-14,23,28H,1-4H3;/b15-14-,24-22?;. The fourth-order valence-electron chi connectivity index (χ4n) is 3.05. The first-order valence-corrected chi connectivity index (χ1v) is 9.01. The normalized spacial score (nSPS) is 11.9. The molecule has 0 amide bonds. The van der Waals surface area contributed by atoms with Gasteiger partial charge in [0.2, 0.25) is 0 Å². The van der Waals surface area contributed by atoms with Crippen LogP contribution >= 0.6 is 0 Å². The number of hydrogen-bond donors (Lipinski definition) is 2. The minimum Gasteiger partial charge on any atom is -0.506 e. The van der Waals surface area contributed by atoms with Crippen LogP contribution in [0.4, 0.5) is 11.4 Å². The Bertz CT molecular complexity index is 1110. The summed E-state index contributed by atoms with van der Waals surface area (Å²) < 4.78 is 3.95. The molecule has 3 rings (SSSR count). The molecule has 1 aromatic heterocycles. The molecule has 0 atom stereocenters. The third-order valence-corrected chi connectivity index (χ3v) is 4.42. The van der Waals surface area contributed by atoms with Gasteiger partial charge >= 0.3 is 0 Å². The van der Waals surface area contributed by atoms with E-state index in [0.717, 1.165) is 22.8 Å². The van der Waals surface area contributed by atoms with Crippen LogP contribution in [0.3, 0.4) is 0 Å². The Labute approximate surface area is 180 Å². The molecule has 1 radical (unpaired) electrons. The molecule has 0 fully saturated rings.